The van der Waals surface area contributed by atoms with Crippen molar-refractivity contribution in [1.29, 1.82) is 0 Å². The zero-order valence-electron chi connectivity index (χ0n) is 16.5. The molecular formula is C22H25N3O2S. The van der Waals surface area contributed by atoms with Gasteiger partial charge in [0, 0.05) is 5.70 Å². The normalized spacial score (nSPS) is 16.5. The van der Waals surface area contributed by atoms with Crippen molar-refractivity contribution in [3.63, 3.8) is 0 Å². The smallest absolute Gasteiger partial charge is 0.255 e. The first-order chi connectivity index (χ1) is 13.4. The zero-order chi connectivity index (χ0) is 20.3. The van der Waals surface area contributed by atoms with Crippen LogP contribution in [-0.2, 0) is 4.79 Å². The quantitative estimate of drug-likeness (QED) is 0.661. The number of anilines is 1. The molecule has 0 bridgehead atoms. The monoisotopic (exact) mass is 395 g/mol. The van der Waals surface area contributed by atoms with E-state index in [2.05, 4.69) is 41.9 Å². The second-order valence-electron chi connectivity index (χ2n) is 7.05. The van der Waals surface area contributed by atoms with Crippen LogP contribution in [0.3, 0.4) is 0 Å². The minimum Gasteiger partial charge on any atom is -0.495 e. The molecule has 1 amide bonds. The summed E-state index contributed by atoms with van der Waals surface area (Å²) in [7, 11) is 1.58. The molecule has 2 aromatic rings. The van der Waals surface area contributed by atoms with E-state index in [1.165, 1.54) is 5.56 Å². The fourth-order valence-corrected chi connectivity index (χ4v) is 3.53. The highest BCUT2D eigenvalue weighted by Crippen LogP contribution is 2.30. The summed E-state index contributed by atoms with van der Waals surface area (Å²) in [5.74, 6) is 0.850. The first kappa shape index (κ1) is 19.9. The van der Waals surface area contributed by atoms with Crippen LogP contribution in [0, 0.1) is 0 Å². The molecule has 0 unspecified atom stereocenters. The number of carbonyl (C=O) groups is 1. The highest BCUT2D eigenvalue weighted by atomic mass is 32.1. The third-order valence-electron chi connectivity index (χ3n) is 4.81. The van der Waals surface area contributed by atoms with Crippen LogP contribution < -0.4 is 20.7 Å². The number of nitrogens with one attached hydrogen (secondary N) is 3. The Labute approximate surface area is 171 Å². The topological polar surface area (TPSA) is 62.4 Å². The van der Waals surface area contributed by atoms with E-state index in [0.29, 0.717) is 28.0 Å². The molecule has 0 radical (unpaired) electrons. The van der Waals surface area contributed by atoms with Crippen molar-refractivity contribution in [3.8, 4) is 5.75 Å². The number of thiocarbonyl (C=S) groups is 1. The summed E-state index contributed by atoms with van der Waals surface area (Å²) < 4.78 is 5.34. The van der Waals surface area contributed by atoms with Crippen molar-refractivity contribution in [1.82, 2.24) is 10.6 Å². The highest BCUT2D eigenvalue weighted by Gasteiger charge is 2.30. The van der Waals surface area contributed by atoms with Gasteiger partial charge in [0.1, 0.15) is 5.75 Å². The Balaban J connectivity index is 1.94. The average molecular weight is 396 g/mol. The Kier molecular flexibility index (Phi) is 5.99. The minimum absolute atomic E-state index is 0.206. The molecule has 1 heterocycles. The molecular weight excluding hydrogens is 370 g/mol. The van der Waals surface area contributed by atoms with Crippen LogP contribution in [0.5, 0.6) is 5.75 Å². The van der Waals surface area contributed by atoms with Crippen molar-refractivity contribution in [3.05, 3.63) is 70.9 Å². The van der Waals surface area contributed by atoms with Crippen molar-refractivity contribution >= 4 is 28.9 Å². The number of rotatable bonds is 5. The van der Waals surface area contributed by atoms with Crippen LogP contribution in [0.2, 0.25) is 0 Å². The maximum Gasteiger partial charge on any atom is 0.255 e. The van der Waals surface area contributed by atoms with E-state index >= 15 is 0 Å². The van der Waals surface area contributed by atoms with E-state index in [9.17, 15) is 4.79 Å². The summed E-state index contributed by atoms with van der Waals surface area (Å²) in [6.07, 6.45) is 0. The molecule has 0 fully saturated rings. The van der Waals surface area contributed by atoms with Gasteiger partial charge in [-0.1, -0.05) is 50.2 Å². The number of hydrogen-bond acceptors (Lipinski definition) is 3. The third-order valence-corrected chi connectivity index (χ3v) is 5.03. The van der Waals surface area contributed by atoms with Crippen LogP contribution in [0.25, 0.3) is 0 Å². The molecule has 0 aromatic heterocycles. The fourth-order valence-electron chi connectivity index (χ4n) is 3.26. The molecule has 0 spiro atoms. The molecule has 0 saturated carbocycles. The van der Waals surface area contributed by atoms with Crippen LogP contribution in [0.1, 0.15) is 43.9 Å². The van der Waals surface area contributed by atoms with Gasteiger partial charge in [0.2, 0.25) is 0 Å². The Morgan fingerprint density at radius 2 is 1.82 bits per heavy atom. The number of para-hydroxylation sites is 2. The molecule has 146 valence electrons. The molecule has 0 saturated heterocycles. The number of benzene rings is 2. The van der Waals surface area contributed by atoms with E-state index in [1.807, 2.05) is 43.3 Å². The lowest BCUT2D eigenvalue weighted by Gasteiger charge is -2.30. The maximum atomic E-state index is 13.2. The summed E-state index contributed by atoms with van der Waals surface area (Å²) in [4.78, 5) is 13.2. The van der Waals surface area contributed by atoms with Crippen LogP contribution in [0.4, 0.5) is 5.69 Å². The minimum atomic E-state index is -0.329. The lowest BCUT2D eigenvalue weighted by atomic mass is 9.92. The van der Waals surface area contributed by atoms with Gasteiger partial charge in [-0.15, -0.1) is 0 Å². The van der Waals surface area contributed by atoms with Gasteiger partial charge in [-0.05, 0) is 48.3 Å². The van der Waals surface area contributed by atoms with Crippen molar-refractivity contribution in [2.24, 2.45) is 0 Å². The van der Waals surface area contributed by atoms with Crippen molar-refractivity contribution in [2.75, 3.05) is 12.4 Å². The molecule has 5 nitrogen and oxygen atoms in total. The molecule has 3 N–H and O–H groups in total. The second kappa shape index (κ2) is 8.44. The van der Waals surface area contributed by atoms with Gasteiger partial charge in [-0.25, -0.2) is 0 Å². The highest BCUT2D eigenvalue weighted by molar-refractivity contribution is 7.80. The largest absolute Gasteiger partial charge is 0.495 e. The van der Waals surface area contributed by atoms with Crippen LogP contribution in [0.15, 0.2) is 59.8 Å². The van der Waals surface area contributed by atoms with Gasteiger partial charge < -0.3 is 20.7 Å². The number of hydrogen-bond donors (Lipinski definition) is 3. The molecule has 28 heavy (non-hydrogen) atoms. The molecule has 1 atom stereocenters. The standard InChI is InChI=1S/C22H25N3O2S/c1-13(2)15-9-11-16(12-10-15)20-19(14(3)23-22(28)25-20)21(26)24-17-7-5-6-8-18(17)27-4/h5-13,20H,1-4H3,(H,24,26)(H2,23,25,28)/t20-/m1/s1. The predicted octanol–water partition coefficient (Wildman–Crippen LogP) is 4.25. The van der Waals surface area contributed by atoms with Gasteiger partial charge in [-0.3, -0.25) is 4.79 Å². The van der Waals surface area contributed by atoms with Gasteiger partial charge in [0.05, 0.1) is 24.4 Å². The predicted molar refractivity (Wildman–Crippen MR) is 116 cm³/mol. The summed E-state index contributed by atoms with van der Waals surface area (Å²) in [5.41, 5.74) is 4.18. The molecule has 0 aliphatic carbocycles. The number of amides is 1. The van der Waals surface area contributed by atoms with E-state index < -0.39 is 0 Å². The van der Waals surface area contributed by atoms with Crippen molar-refractivity contribution in [2.45, 2.75) is 32.7 Å². The Morgan fingerprint density at radius 1 is 1.14 bits per heavy atom. The average Bonchev–Trinajstić information content (AvgIpc) is 2.67. The molecule has 3 rings (SSSR count). The van der Waals surface area contributed by atoms with Crippen LogP contribution >= 0.6 is 12.2 Å². The lowest BCUT2D eigenvalue weighted by molar-refractivity contribution is -0.113. The maximum absolute atomic E-state index is 13.2. The second-order valence-corrected chi connectivity index (χ2v) is 7.45. The third kappa shape index (κ3) is 4.17. The summed E-state index contributed by atoms with van der Waals surface area (Å²) in [6.45, 7) is 6.17. The zero-order valence-corrected chi connectivity index (χ0v) is 17.3. The Morgan fingerprint density at radius 3 is 2.46 bits per heavy atom. The van der Waals surface area contributed by atoms with Gasteiger partial charge in [-0.2, -0.15) is 0 Å². The SMILES string of the molecule is COc1ccccc1NC(=O)C1=C(C)NC(=S)N[C@@H]1c1ccc(C(C)C)cc1. The molecule has 1 aliphatic rings. The number of allylic oxidation sites excluding steroid dienone is 1. The number of methoxy groups -OCH3 is 1. The molecule has 2 aromatic carbocycles. The first-order valence-corrected chi connectivity index (χ1v) is 9.64. The van der Waals surface area contributed by atoms with Gasteiger partial charge in [0.15, 0.2) is 5.11 Å². The van der Waals surface area contributed by atoms with Crippen LogP contribution in [-0.4, -0.2) is 18.1 Å². The molecule has 6 heteroatoms. The van der Waals surface area contributed by atoms with E-state index in [0.717, 1.165) is 11.3 Å². The lowest BCUT2D eigenvalue weighted by Crippen LogP contribution is -2.45. The Hall–Kier alpha value is -2.86. The number of ether oxygens (including phenoxy) is 1. The summed E-state index contributed by atoms with van der Waals surface area (Å²) in [6, 6.07) is 15.3. The summed E-state index contributed by atoms with van der Waals surface area (Å²) >= 11 is 5.33. The van der Waals surface area contributed by atoms with Gasteiger partial charge in [0.25, 0.3) is 5.91 Å². The first-order valence-electron chi connectivity index (χ1n) is 9.23. The summed E-state index contributed by atoms with van der Waals surface area (Å²) in [5, 5.41) is 9.75. The van der Waals surface area contributed by atoms with E-state index in [-0.39, 0.29) is 11.9 Å². The van der Waals surface area contributed by atoms with Crippen molar-refractivity contribution < 1.29 is 9.53 Å². The molecule has 1 aliphatic heterocycles. The number of carbonyl (C=O) groups excluding carboxylic acids is 1. The Bertz CT molecular complexity index is 920. The van der Waals surface area contributed by atoms with E-state index in [1.54, 1.807) is 7.11 Å². The van der Waals surface area contributed by atoms with Gasteiger partial charge >= 0.3 is 0 Å². The fraction of sp³-hybridized carbons (Fsp3) is 0.273. The van der Waals surface area contributed by atoms with E-state index in [4.69, 9.17) is 17.0 Å².